The molecule has 0 spiro atoms. The zero-order valence-electron chi connectivity index (χ0n) is 10.3. The van der Waals surface area contributed by atoms with Gasteiger partial charge in [0, 0.05) is 5.56 Å². The standard InChI is InChI=1S/C13H13F3N2/c1-7-4-9(3)10(5-8(7)2)11-6-17-12(18-11)13(14,15)16/h4-6H,1-3H3,(H,17,18). The Balaban J connectivity index is 2.50. The summed E-state index contributed by atoms with van der Waals surface area (Å²) in [6.07, 6.45) is -3.22. The van der Waals surface area contributed by atoms with Gasteiger partial charge in [-0.25, -0.2) is 4.98 Å². The van der Waals surface area contributed by atoms with Crippen LogP contribution in [0.15, 0.2) is 18.3 Å². The van der Waals surface area contributed by atoms with E-state index < -0.39 is 12.0 Å². The number of H-pyrrole nitrogens is 1. The highest BCUT2D eigenvalue weighted by atomic mass is 19.4. The number of hydrogen-bond acceptors (Lipinski definition) is 1. The summed E-state index contributed by atoms with van der Waals surface area (Å²) in [6, 6.07) is 3.83. The first-order valence-electron chi connectivity index (χ1n) is 5.49. The molecule has 0 amide bonds. The molecule has 0 aliphatic carbocycles. The maximum atomic E-state index is 12.5. The summed E-state index contributed by atoms with van der Waals surface area (Å²) in [5.74, 6) is -0.963. The SMILES string of the molecule is Cc1cc(C)c(-c2cnc(C(F)(F)F)[nH]2)cc1C. The average Bonchev–Trinajstić information content (AvgIpc) is 2.72. The van der Waals surface area contributed by atoms with E-state index in [0.717, 1.165) is 22.3 Å². The van der Waals surface area contributed by atoms with Crippen LogP contribution in [0.4, 0.5) is 13.2 Å². The third-order valence-corrected chi connectivity index (χ3v) is 2.98. The van der Waals surface area contributed by atoms with E-state index in [4.69, 9.17) is 0 Å². The summed E-state index contributed by atoms with van der Waals surface area (Å²) in [7, 11) is 0. The lowest BCUT2D eigenvalue weighted by atomic mass is 9.99. The van der Waals surface area contributed by atoms with Crippen LogP contribution in [0.1, 0.15) is 22.5 Å². The predicted molar refractivity (Wildman–Crippen MR) is 63.2 cm³/mol. The fourth-order valence-electron chi connectivity index (χ4n) is 1.85. The van der Waals surface area contributed by atoms with Crippen molar-refractivity contribution in [3.05, 3.63) is 40.8 Å². The molecule has 5 heteroatoms. The molecule has 1 N–H and O–H groups in total. The van der Waals surface area contributed by atoms with Gasteiger partial charge in [0.1, 0.15) is 0 Å². The van der Waals surface area contributed by atoms with Crippen molar-refractivity contribution in [3.63, 3.8) is 0 Å². The van der Waals surface area contributed by atoms with E-state index in [1.807, 2.05) is 32.9 Å². The molecule has 0 bridgehead atoms. The fraction of sp³-hybridized carbons (Fsp3) is 0.308. The number of alkyl halides is 3. The summed E-state index contributed by atoms with van der Waals surface area (Å²) >= 11 is 0. The van der Waals surface area contributed by atoms with Gasteiger partial charge in [-0.05, 0) is 43.5 Å². The number of nitrogens with one attached hydrogen (secondary N) is 1. The van der Waals surface area contributed by atoms with Crippen molar-refractivity contribution >= 4 is 0 Å². The lowest BCUT2D eigenvalue weighted by molar-refractivity contribution is -0.144. The molecule has 0 unspecified atom stereocenters. The van der Waals surface area contributed by atoms with Crippen molar-refractivity contribution < 1.29 is 13.2 Å². The normalized spacial score (nSPS) is 11.9. The highest BCUT2D eigenvalue weighted by Gasteiger charge is 2.34. The third kappa shape index (κ3) is 2.25. The smallest absolute Gasteiger partial charge is 0.334 e. The minimum Gasteiger partial charge on any atom is -0.334 e. The molecule has 0 atom stereocenters. The van der Waals surface area contributed by atoms with E-state index in [0.29, 0.717) is 5.69 Å². The average molecular weight is 254 g/mol. The number of hydrogen-bond donors (Lipinski definition) is 1. The summed E-state index contributed by atoms with van der Waals surface area (Å²) in [5, 5.41) is 0. The molecule has 0 aliphatic rings. The third-order valence-electron chi connectivity index (χ3n) is 2.98. The minimum absolute atomic E-state index is 0.392. The lowest BCUT2D eigenvalue weighted by Gasteiger charge is -2.08. The Hall–Kier alpha value is -1.78. The molecule has 0 saturated heterocycles. The van der Waals surface area contributed by atoms with Crippen LogP contribution in [0.2, 0.25) is 0 Å². The number of aromatic amines is 1. The first kappa shape index (κ1) is 12.7. The van der Waals surface area contributed by atoms with Crippen LogP contribution < -0.4 is 0 Å². The molecule has 1 aromatic heterocycles. The lowest BCUT2D eigenvalue weighted by Crippen LogP contribution is -2.07. The Morgan fingerprint density at radius 1 is 1.00 bits per heavy atom. The second-order valence-corrected chi connectivity index (χ2v) is 4.39. The zero-order chi connectivity index (χ0) is 13.5. The Bertz CT molecular complexity index is 582. The first-order chi connectivity index (χ1) is 8.29. The number of aromatic nitrogens is 2. The summed E-state index contributed by atoms with van der Waals surface area (Å²) in [4.78, 5) is 5.70. The van der Waals surface area contributed by atoms with Gasteiger partial charge in [-0.1, -0.05) is 6.07 Å². The van der Waals surface area contributed by atoms with Gasteiger partial charge in [-0.15, -0.1) is 0 Å². The van der Waals surface area contributed by atoms with Crippen molar-refractivity contribution in [1.82, 2.24) is 9.97 Å². The van der Waals surface area contributed by atoms with Crippen molar-refractivity contribution in [1.29, 1.82) is 0 Å². The summed E-state index contributed by atoms with van der Waals surface area (Å²) < 4.78 is 37.4. The summed E-state index contributed by atoms with van der Waals surface area (Å²) in [5.41, 5.74) is 4.23. The van der Waals surface area contributed by atoms with Crippen LogP contribution >= 0.6 is 0 Å². The van der Waals surface area contributed by atoms with Gasteiger partial charge in [0.15, 0.2) is 0 Å². The van der Waals surface area contributed by atoms with E-state index in [2.05, 4.69) is 9.97 Å². The molecular formula is C13H13F3N2. The Morgan fingerprint density at radius 2 is 1.61 bits per heavy atom. The zero-order valence-corrected chi connectivity index (χ0v) is 10.3. The van der Waals surface area contributed by atoms with Crippen LogP contribution in [-0.2, 0) is 6.18 Å². The molecule has 1 heterocycles. The van der Waals surface area contributed by atoms with Crippen LogP contribution in [0.5, 0.6) is 0 Å². The first-order valence-corrected chi connectivity index (χ1v) is 5.49. The number of nitrogens with zero attached hydrogens (tertiary/aromatic N) is 1. The fourth-order valence-corrected chi connectivity index (χ4v) is 1.85. The van der Waals surface area contributed by atoms with E-state index in [1.54, 1.807) is 0 Å². The van der Waals surface area contributed by atoms with Crippen molar-refractivity contribution in [2.24, 2.45) is 0 Å². The van der Waals surface area contributed by atoms with Crippen molar-refractivity contribution in [3.8, 4) is 11.3 Å². The van der Waals surface area contributed by atoms with Gasteiger partial charge in [-0.2, -0.15) is 13.2 Å². The molecule has 0 saturated carbocycles. The van der Waals surface area contributed by atoms with E-state index in [9.17, 15) is 13.2 Å². The topological polar surface area (TPSA) is 28.7 Å². The minimum atomic E-state index is -4.44. The monoisotopic (exact) mass is 254 g/mol. The predicted octanol–water partition coefficient (Wildman–Crippen LogP) is 4.02. The highest BCUT2D eigenvalue weighted by Crippen LogP contribution is 2.30. The van der Waals surface area contributed by atoms with E-state index in [1.165, 1.54) is 6.20 Å². The largest absolute Gasteiger partial charge is 0.449 e. The highest BCUT2D eigenvalue weighted by molar-refractivity contribution is 5.65. The Labute approximate surface area is 103 Å². The van der Waals surface area contributed by atoms with Crippen molar-refractivity contribution in [2.45, 2.75) is 26.9 Å². The molecule has 96 valence electrons. The molecule has 0 fully saturated rings. The van der Waals surface area contributed by atoms with Crippen LogP contribution in [0.25, 0.3) is 11.3 Å². The molecular weight excluding hydrogens is 241 g/mol. The maximum absolute atomic E-state index is 12.5. The molecule has 0 aliphatic heterocycles. The van der Waals surface area contributed by atoms with Gasteiger partial charge < -0.3 is 4.98 Å². The quantitative estimate of drug-likeness (QED) is 0.818. The number of benzene rings is 1. The van der Waals surface area contributed by atoms with Crippen LogP contribution in [-0.4, -0.2) is 9.97 Å². The molecule has 2 rings (SSSR count). The second kappa shape index (κ2) is 4.15. The number of halogens is 3. The van der Waals surface area contributed by atoms with Crippen LogP contribution in [0.3, 0.4) is 0 Å². The Morgan fingerprint density at radius 3 is 2.17 bits per heavy atom. The molecule has 2 nitrogen and oxygen atoms in total. The summed E-state index contributed by atoms with van der Waals surface area (Å²) in [6.45, 7) is 5.77. The van der Waals surface area contributed by atoms with Gasteiger partial charge in [0.2, 0.25) is 5.82 Å². The van der Waals surface area contributed by atoms with Gasteiger partial charge in [-0.3, -0.25) is 0 Å². The number of aryl methyl sites for hydroxylation is 3. The molecule has 2 aromatic rings. The number of imidazole rings is 1. The van der Waals surface area contributed by atoms with Crippen LogP contribution in [0, 0.1) is 20.8 Å². The van der Waals surface area contributed by atoms with Gasteiger partial charge >= 0.3 is 6.18 Å². The maximum Gasteiger partial charge on any atom is 0.449 e. The number of rotatable bonds is 1. The van der Waals surface area contributed by atoms with Gasteiger partial charge in [0.05, 0.1) is 11.9 Å². The molecule has 18 heavy (non-hydrogen) atoms. The van der Waals surface area contributed by atoms with Gasteiger partial charge in [0.25, 0.3) is 0 Å². The molecule has 0 radical (unpaired) electrons. The van der Waals surface area contributed by atoms with Crippen molar-refractivity contribution in [2.75, 3.05) is 0 Å². The second-order valence-electron chi connectivity index (χ2n) is 4.39. The Kier molecular flexibility index (Phi) is 2.92. The van der Waals surface area contributed by atoms with E-state index in [-0.39, 0.29) is 0 Å². The molecule has 1 aromatic carbocycles. The van der Waals surface area contributed by atoms with E-state index >= 15 is 0 Å².